The summed E-state index contributed by atoms with van der Waals surface area (Å²) in [5, 5.41) is 2.83. The van der Waals surface area contributed by atoms with Gasteiger partial charge in [-0.2, -0.15) is 0 Å². The number of hydrogen-bond donors (Lipinski definition) is 2. The topological polar surface area (TPSA) is 91.4 Å². The second-order valence-electron chi connectivity index (χ2n) is 6.43. The van der Waals surface area contributed by atoms with E-state index in [1.807, 2.05) is 12.1 Å². The molecule has 1 saturated heterocycles. The minimum Gasteiger partial charge on any atom is -0.324 e. The van der Waals surface area contributed by atoms with Crippen LogP contribution in [0.15, 0.2) is 48.8 Å². The van der Waals surface area contributed by atoms with E-state index in [1.165, 1.54) is 5.56 Å². The molecule has 8 heteroatoms. The molecule has 0 bridgehead atoms. The number of carbonyl (C=O) groups is 1. The molecular weight excluding hydrogens is 352 g/mol. The summed E-state index contributed by atoms with van der Waals surface area (Å²) < 4.78 is 25.0. The van der Waals surface area contributed by atoms with Crippen molar-refractivity contribution in [1.29, 1.82) is 0 Å². The molecule has 2 heterocycles. The minimum atomic E-state index is -3.35. The van der Waals surface area contributed by atoms with Crippen LogP contribution < -0.4 is 10.0 Å². The van der Waals surface area contributed by atoms with E-state index in [0.717, 1.165) is 19.1 Å². The molecule has 26 heavy (non-hydrogen) atoms. The lowest BCUT2D eigenvalue weighted by Gasteiger charge is -2.32. The first-order chi connectivity index (χ1) is 12.4. The summed E-state index contributed by atoms with van der Waals surface area (Å²) in [4.78, 5) is 18.3. The molecule has 1 aromatic heterocycles. The zero-order valence-corrected chi connectivity index (χ0v) is 15.4. The SMILES string of the molecule is CS(=O)(=O)Nc1cccc(NC(=O)N2CCC(c3ccncc3)CC2)c1. The number of pyridine rings is 1. The van der Waals surface area contributed by atoms with Gasteiger partial charge < -0.3 is 10.2 Å². The highest BCUT2D eigenvalue weighted by atomic mass is 32.2. The number of urea groups is 1. The van der Waals surface area contributed by atoms with E-state index in [4.69, 9.17) is 0 Å². The van der Waals surface area contributed by atoms with E-state index in [-0.39, 0.29) is 6.03 Å². The summed E-state index contributed by atoms with van der Waals surface area (Å²) in [6.07, 6.45) is 6.50. The maximum Gasteiger partial charge on any atom is 0.321 e. The van der Waals surface area contributed by atoms with Gasteiger partial charge in [0.15, 0.2) is 0 Å². The zero-order chi connectivity index (χ0) is 18.6. The van der Waals surface area contributed by atoms with Gasteiger partial charge in [0.05, 0.1) is 11.9 Å². The Bertz CT molecular complexity index is 863. The summed E-state index contributed by atoms with van der Waals surface area (Å²) in [6, 6.07) is 10.5. The van der Waals surface area contributed by atoms with Crippen molar-refractivity contribution in [2.45, 2.75) is 18.8 Å². The number of hydrogen-bond acceptors (Lipinski definition) is 4. The van der Waals surface area contributed by atoms with Crippen LogP contribution in [0.3, 0.4) is 0 Å². The van der Waals surface area contributed by atoms with Crippen LogP contribution >= 0.6 is 0 Å². The molecule has 7 nitrogen and oxygen atoms in total. The maximum atomic E-state index is 12.5. The van der Waals surface area contributed by atoms with Crippen LogP contribution in [-0.2, 0) is 10.0 Å². The first-order valence-corrected chi connectivity index (χ1v) is 10.3. The Morgan fingerprint density at radius 2 is 1.77 bits per heavy atom. The number of amides is 2. The molecule has 0 unspecified atom stereocenters. The molecule has 1 aromatic carbocycles. The number of anilines is 2. The summed E-state index contributed by atoms with van der Waals surface area (Å²) in [5.74, 6) is 0.448. The average Bonchev–Trinajstić information content (AvgIpc) is 2.61. The Labute approximate surface area is 153 Å². The number of piperidine rings is 1. The standard InChI is InChI=1S/C18H22N4O3S/c1-26(24,25)21-17-4-2-3-16(13-17)20-18(23)22-11-7-15(8-12-22)14-5-9-19-10-6-14/h2-6,9-10,13,15,21H,7-8,11-12H2,1H3,(H,20,23). The fourth-order valence-electron chi connectivity index (χ4n) is 3.13. The third-order valence-electron chi connectivity index (χ3n) is 4.38. The smallest absolute Gasteiger partial charge is 0.321 e. The summed E-state index contributed by atoms with van der Waals surface area (Å²) >= 11 is 0. The Morgan fingerprint density at radius 1 is 1.12 bits per heavy atom. The minimum absolute atomic E-state index is 0.172. The van der Waals surface area contributed by atoms with E-state index >= 15 is 0 Å². The van der Waals surface area contributed by atoms with Crippen LogP contribution in [-0.4, -0.2) is 43.7 Å². The summed E-state index contributed by atoms with van der Waals surface area (Å²) in [7, 11) is -3.35. The largest absolute Gasteiger partial charge is 0.324 e. The molecule has 1 fully saturated rings. The molecule has 1 aliphatic heterocycles. The maximum absolute atomic E-state index is 12.5. The van der Waals surface area contributed by atoms with Gasteiger partial charge in [-0.3, -0.25) is 9.71 Å². The van der Waals surface area contributed by atoms with Crippen LogP contribution in [0.25, 0.3) is 0 Å². The highest BCUT2D eigenvalue weighted by molar-refractivity contribution is 7.92. The Morgan fingerprint density at radius 3 is 2.42 bits per heavy atom. The van der Waals surface area contributed by atoms with Gasteiger partial charge in [-0.25, -0.2) is 13.2 Å². The van der Waals surface area contributed by atoms with Crippen molar-refractivity contribution in [3.05, 3.63) is 54.4 Å². The molecule has 1 aliphatic rings. The Hall–Kier alpha value is -2.61. The highest BCUT2D eigenvalue weighted by Crippen LogP contribution is 2.28. The van der Waals surface area contributed by atoms with Gasteiger partial charge in [0, 0.05) is 31.2 Å². The van der Waals surface area contributed by atoms with E-state index in [9.17, 15) is 13.2 Å². The van der Waals surface area contributed by atoms with Gasteiger partial charge in [0.25, 0.3) is 0 Å². The number of nitrogens with one attached hydrogen (secondary N) is 2. The fraction of sp³-hybridized carbons (Fsp3) is 0.333. The monoisotopic (exact) mass is 374 g/mol. The van der Waals surface area contributed by atoms with E-state index < -0.39 is 10.0 Å². The highest BCUT2D eigenvalue weighted by Gasteiger charge is 2.23. The predicted molar refractivity (Wildman–Crippen MR) is 102 cm³/mol. The first kappa shape index (κ1) is 18.2. The summed E-state index contributed by atoms with van der Waals surface area (Å²) in [6.45, 7) is 1.36. The third-order valence-corrected chi connectivity index (χ3v) is 4.98. The van der Waals surface area contributed by atoms with Crippen molar-refractivity contribution in [1.82, 2.24) is 9.88 Å². The van der Waals surface area contributed by atoms with Crippen LogP contribution in [0.2, 0.25) is 0 Å². The molecule has 0 spiro atoms. The van der Waals surface area contributed by atoms with Crippen molar-refractivity contribution in [3.8, 4) is 0 Å². The van der Waals surface area contributed by atoms with E-state index in [1.54, 1.807) is 41.6 Å². The molecule has 0 saturated carbocycles. The van der Waals surface area contributed by atoms with Gasteiger partial charge in [-0.05, 0) is 54.7 Å². The zero-order valence-electron chi connectivity index (χ0n) is 14.6. The predicted octanol–water partition coefficient (Wildman–Crippen LogP) is 2.86. The van der Waals surface area contributed by atoms with Crippen LogP contribution in [0.1, 0.15) is 24.3 Å². The van der Waals surface area contributed by atoms with Gasteiger partial charge in [0.2, 0.25) is 10.0 Å². The molecule has 0 atom stereocenters. The number of sulfonamides is 1. The lowest BCUT2D eigenvalue weighted by atomic mass is 9.90. The molecular formula is C18H22N4O3S. The van der Waals surface area contributed by atoms with Crippen LogP contribution in [0, 0.1) is 0 Å². The molecule has 0 radical (unpaired) electrons. The molecule has 3 rings (SSSR count). The van der Waals surface area contributed by atoms with Gasteiger partial charge in [-0.1, -0.05) is 6.07 Å². The van der Waals surface area contributed by atoms with Gasteiger partial charge >= 0.3 is 6.03 Å². The first-order valence-electron chi connectivity index (χ1n) is 8.44. The number of likely N-dealkylation sites (tertiary alicyclic amines) is 1. The third kappa shape index (κ3) is 4.95. The normalized spacial score (nSPS) is 15.5. The lowest BCUT2D eigenvalue weighted by Crippen LogP contribution is -2.40. The Kier molecular flexibility index (Phi) is 5.41. The van der Waals surface area contributed by atoms with E-state index in [2.05, 4.69) is 15.0 Å². The molecule has 138 valence electrons. The number of nitrogens with zero attached hydrogens (tertiary/aromatic N) is 2. The number of rotatable bonds is 4. The Balaban J connectivity index is 1.57. The van der Waals surface area contributed by atoms with Gasteiger partial charge in [-0.15, -0.1) is 0 Å². The van der Waals surface area contributed by atoms with Gasteiger partial charge in [0.1, 0.15) is 0 Å². The molecule has 0 aliphatic carbocycles. The van der Waals surface area contributed by atoms with Crippen molar-refractivity contribution in [3.63, 3.8) is 0 Å². The van der Waals surface area contributed by atoms with Crippen molar-refractivity contribution >= 4 is 27.4 Å². The number of benzene rings is 1. The lowest BCUT2D eigenvalue weighted by molar-refractivity contribution is 0.194. The summed E-state index contributed by atoms with van der Waals surface area (Å²) in [5.41, 5.74) is 2.24. The number of carbonyl (C=O) groups excluding carboxylic acids is 1. The second-order valence-corrected chi connectivity index (χ2v) is 8.18. The second kappa shape index (κ2) is 7.74. The molecule has 2 N–H and O–H groups in total. The van der Waals surface area contributed by atoms with Crippen molar-refractivity contribution < 1.29 is 13.2 Å². The van der Waals surface area contributed by atoms with Crippen LogP contribution in [0.4, 0.5) is 16.2 Å². The van der Waals surface area contributed by atoms with E-state index in [0.29, 0.717) is 30.4 Å². The average molecular weight is 374 g/mol. The number of aromatic nitrogens is 1. The van der Waals surface area contributed by atoms with Crippen LogP contribution in [0.5, 0.6) is 0 Å². The fourth-order valence-corrected chi connectivity index (χ4v) is 3.68. The van der Waals surface area contributed by atoms with Crippen molar-refractivity contribution in [2.75, 3.05) is 29.4 Å². The molecule has 2 aromatic rings. The quantitative estimate of drug-likeness (QED) is 0.861. The molecule has 2 amide bonds. The van der Waals surface area contributed by atoms with Crippen molar-refractivity contribution in [2.24, 2.45) is 0 Å².